The second-order valence-electron chi connectivity index (χ2n) is 2.87. The minimum absolute atomic E-state index is 0.0316. The van der Waals surface area contributed by atoms with Gasteiger partial charge in [0.1, 0.15) is 5.82 Å². The van der Waals surface area contributed by atoms with Crippen LogP contribution in [0.1, 0.15) is 5.82 Å². The third kappa shape index (κ3) is 1.77. The van der Waals surface area contributed by atoms with Crippen LogP contribution in [0.25, 0.3) is 5.65 Å². The number of aromatic nitrogens is 4. The Morgan fingerprint density at radius 3 is 2.62 bits per heavy atom. The van der Waals surface area contributed by atoms with E-state index in [1.54, 1.807) is 6.26 Å². The number of alkyl halides is 3. The molecule has 2 aromatic rings. The summed E-state index contributed by atoms with van der Waals surface area (Å²) < 4.78 is 38.1. The Bertz CT molecular complexity index is 535. The second-order valence-corrected chi connectivity index (χ2v) is 3.64. The lowest BCUT2D eigenvalue weighted by molar-refractivity contribution is -0.144. The van der Waals surface area contributed by atoms with E-state index in [1.165, 1.54) is 6.07 Å². The lowest BCUT2D eigenvalue weighted by atomic mass is 10.5. The van der Waals surface area contributed by atoms with E-state index in [-0.39, 0.29) is 16.6 Å². The first kappa shape index (κ1) is 11.0. The molecule has 86 valence electrons. The smallest absolute Gasteiger partial charge is 0.383 e. The summed E-state index contributed by atoms with van der Waals surface area (Å²) in [7, 11) is 0. The van der Waals surface area contributed by atoms with E-state index in [4.69, 9.17) is 5.73 Å². The van der Waals surface area contributed by atoms with Gasteiger partial charge >= 0.3 is 6.18 Å². The van der Waals surface area contributed by atoms with Gasteiger partial charge in [0, 0.05) is 6.07 Å². The molecule has 0 spiro atoms. The molecule has 0 bridgehead atoms. The van der Waals surface area contributed by atoms with Gasteiger partial charge in [0.15, 0.2) is 10.8 Å². The first-order valence-corrected chi connectivity index (χ1v) is 5.29. The topological polar surface area (TPSA) is 69.1 Å². The highest BCUT2D eigenvalue weighted by Crippen LogP contribution is 2.27. The summed E-state index contributed by atoms with van der Waals surface area (Å²) in [5.41, 5.74) is 5.46. The third-order valence-corrected chi connectivity index (χ3v) is 2.38. The fraction of sp³-hybridized carbons (Fsp3) is 0.286. The molecule has 0 fully saturated rings. The maximum atomic E-state index is 12.4. The molecule has 2 rings (SSSR count). The Labute approximate surface area is 91.9 Å². The predicted molar refractivity (Wildman–Crippen MR) is 52.0 cm³/mol. The molecule has 2 heterocycles. The lowest BCUT2D eigenvalue weighted by Crippen LogP contribution is -2.08. The van der Waals surface area contributed by atoms with Crippen LogP contribution in [-0.4, -0.2) is 25.8 Å². The van der Waals surface area contributed by atoms with Crippen molar-refractivity contribution in [2.75, 3.05) is 12.0 Å². The molecule has 0 unspecified atom stereocenters. The number of anilines is 1. The number of nitrogens with zero attached hydrogens (tertiary/aromatic N) is 4. The normalized spacial score (nSPS) is 12.2. The summed E-state index contributed by atoms with van der Waals surface area (Å²) in [6, 6.07) is 1.24. The predicted octanol–water partition coefficient (Wildman–Crippen LogP) is 1.45. The van der Waals surface area contributed by atoms with Crippen LogP contribution in [-0.2, 0) is 6.18 Å². The first-order chi connectivity index (χ1) is 7.41. The number of nitrogen functional groups attached to an aromatic ring is 1. The highest BCUT2D eigenvalue weighted by atomic mass is 32.2. The number of nitrogens with two attached hydrogens (primary N) is 1. The standard InChI is InChI=1S/C7H6F3N5S/c1-16-6-12-3(11)2-4-13-5(7(8,9)10)14-15(4)6/h2H,11H2,1H3. The van der Waals surface area contributed by atoms with Gasteiger partial charge in [-0.3, -0.25) is 0 Å². The lowest BCUT2D eigenvalue weighted by Gasteiger charge is -2.00. The van der Waals surface area contributed by atoms with Crippen LogP contribution >= 0.6 is 11.8 Å². The zero-order chi connectivity index (χ0) is 11.9. The quantitative estimate of drug-likeness (QED) is 0.612. The maximum absolute atomic E-state index is 12.4. The highest BCUT2D eigenvalue weighted by Gasteiger charge is 2.36. The molecule has 0 aliphatic rings. The van der Waals surface area contributed by atoms with Crippen molar-refractivity contribution >= 4 is 23.2 Å². The van der Waals surface area contributed by atoms with Gasteiger partial charge in [0.05, 0.1) is 0 Å². The number of rotatable bonds is 1. The maximum Gasteiger partial charge on any atom is 0.453 e. The number of hydrogen-bond acceptors (Lipinski definition) is 5. The van der Waals surface area contributed by atoms with Gasteiger partial charge in [-0.2, -0.15) is 17.7 Å². The molecule has 0 radical (unpaired) electrons. The molecule has 16 heavy (non-hydrogen) atoms. The number of fused-ring (bicyclic) bond motifs is 1. The van der Waals surface area contributed by atoms with E-state index in [1.807, 2.05) is 0 Å². The zero-order valence-electron chi connectivity index (χ0n) is 7.99. The third-order valence-electron chi connectivity index (χ3n) is 1.75. The van der Waals surface area contributed by atoms with Crippen LogP contribution in [0.5, 0.6) is 0 Å². The molecule has 5 nitrogen and oxygen atoms in total. The molecule has 0 aliphatic heterocycles. The van der Waals surface area contributed by atoms with Crippen molar-refractivity contribution in [3.63, 3.8) is 0 Å². The fourth-order valence-corrected chi connectivity index (χ4v) is 1.64. The molecule has 2 aromatic heterocycles. The van der Waals surface area contributed by atoms with Gasteiger partial charge < -0.3 is 5.73 Å². The molecule has 2 N–H and O–H groups in total. The summed E-state index contributed by atoms with van der Waals surface area (Å²) in [6.45, 7) is 0. The van der Waals surface area contributed by atoms with E-state index in [0.29, 0.717) is 0 Å². The first-order valence-electron chi connectivity index (χ1n) is 4.06. The van der Waals surface area contributed by atoms with Crippen molar-refractivity contribution in [3.8, 4) is 0 Å². The largest absolute Gasteiger partial charge is 0.453 e. The van der Waals surface area contributed by atoms with Crippen molar-refractivity contribution in [2.24, 2.45) is 0 Å². The summed E-state index contributed by atoms with van der Waals surface area (Å²) in [6.07, 6.45) is -2.91. The van der Waals surface area contributed by atoms with E-state index in [9.17, 15) is 13.2 Å². The molecule has 0 saturated heterocycles. The number of hydrogen-bond donors (Lipinski definition) is 1. The SMILES string of the molecule is CSc1nc(N)cc2nc(C(F)(F)F)nn12. The van der Waals surface area contributed by atoms with Gasteiger partial charge in [-0.1, -0.05) is 11.8 Å². The van der Waals surface area contributed by atoms with Crippen molar-refractivity contribution in [1.82, 2.24) is 19.6 Å². The molecule has 0 atom stereocenters. The van der Waals surface area contributed by atoms with Crippen molar-refractivity contribution in [1.29, 1.82) is 0 Å². The minimum Gasteiger partial charge on any atom is -0.383 e. The average Bonchev–Trinajstić information content (AvgIpc) is 2.59. The molecule has 0 saturated carbocycles. The average molecular weight is 249 g/mol. The summed E-state index contributed by atoms with van der Waals surface area (Å²) in [5, 5.41) is 3.60. The fourth-order valence-electron chi connectivity index (χ4n) is 1.13. The monoisotopic (exact) mass is 249 g/mol. The van der Waals surface area contributed by atoms with Crippen LogP contribution in [0, 0.1) is 0 Å². The number of thioether (sulfide) groups is 1. The van der Waals surface area contributed by atoms with Gasteiger partial charge in [0.25, 0.3) is 5.82 Å². The highest BCUT2D eigenvalue weighted by molar-refractivity contribution is 7.98. The van der Waals surface area contributed by atoms with Crippen LogP contribution < -0.4 is 5.73 Å². The summed E-state index contributed by atoms with van der Waals surface area (Å²) in [4.78, 5) is 7.20. The van der Waals surface area contributed by atoms with E-state index >= 15 is 0 Å². The zero-order valence-corrected chi connectivity index (χ0v) is 8.80. The molecule has 0 aromatic carbocycles. The molecule has 9 heteroatoms. The Morgan fingerprint density at radius 1 is 1.38 bits per heavy atom. The molecule has 0 aliphatic carbocycles. The minimum atomic E-state index is -4.57. The number of halogens is 3. The Kier molecular flexibility index (Phi) is 2.41. The van der Waals surface area contributed by atoms with Gasteiger partial charge in [-0.15, -0.1) is 5.10 Å². The van der Waals surface area contributed by atoms with Gasteiger partial charge in [-0.25, -0.2) is 9.97 Å². The second kappa shape index (κ2) is 3.51. The molecular weight excluding hydrogens is 243 g/mol. The van der Waals surface area contributed by atoms with Gasteiger partial charge in [-0.05, 0) is 6.26 Å². The van der Waals surface area contributed by atoms with Crippen molar-refractivity contribution in [2.45, 2.75) is 11.3 Å². The van der Waals surface area contributed by atoms with Crippen LogP contribution in [0.4, 0.5) is 19.0 Å². The van der Waals surface area contributed by atoms with E-state index in [2.05, 4.69) is 15.1 Å². The Morgan fingerprint density at radius 2 is 2.06 bits per heavy atom. The van der Waals surface area contributed by atoms with Crippen molar-refractivity contribution < 1.29 is 13.2 Å². The summed E-state index contributed by atoms with van der Waals surface area (Å²) >= 11 is 1.14. The molecule has 0 amide bonds. The Balaban J connectivity index is 2.70. The van der Waals surface area contributed by atoms with Crippen LogP contribution in [0.3, 0.4) is 0 Å². The summed E-state index contributed by atoms with van der Waals surface area (Å²) in [5.74, 6) is -1.09. The van der Waals surface area contributed by atoms with E-state index in [0.717, 1.165) is 16.3 Å². The van der Waals surface area contributed by atoms with E-state index < -0.39 is 12.0 Å². The van der Waals surface area contributed by atoms with Crippen LogP contribution in [0.2, 0.25) is 0 Å². The van der Waals surface area contributed by atoms with Crippen LogP contribution in [0.15, 0.2) is 11.2 Å². The molecular formula is C7H6F3N5S. The van der Waals surface area contributed by atoms with Gasteiger partial charge in [0.2, 0.25) is 0 Å². The van der Waals surface area contributed by atoms with Crippen molar-refractivity contribution in [3.05, 3.63) is 11.9 Å². The Hall–Kier alpha value is -1.51.